The van der Waals surface area contributed by atoms with E-state index in [2.05, 4.69) is 0 Å². The largest absolute Gasteiger partial charge is 0.507 e. The van der Waals surface area contributed by atoms with E-state index in [9.17, 15) is 14.7 Å². The molecule has 1 aliphatic rings. The predicted molar refractivity (Wildman–Crippen MR) is 149 cm³/mol. The first-order chi connectivity index (χ1) is 18.7. The fraction of sp³-hybridized carbons (Fsp3) is 0.290. The molecule has 8 nitrogen and oxygen atoms in total. The minimum Gasteiger partial charge on any atom is -0.507 e. The van der Waals surface area contributed by atoms with Gasteiger partial charge >= 0.3 is 0 Å². The molecule has 8 heteroatoms. The van der Waals surface area contributed by atoms with Crippen molar-refractivity contribution in [3.8, 4) is 17.2 Å². The number of benzene rings is 3. The number of aryl methyl sites for hydroxylation is 1. The SMILES string of the molecule is COc1cccc(C(O)=C2C(=O)C(=O)N(CCN(C)C)[C@@H]2c2ccc(OCc3ccc(C)cc3)c(OC)c2)c1. The normalized spacial score (nSPS) is 16.6. The lowest BCUT2D eigenvalue weighted by atomic mass is 9.95. The van der Waals surface area contributed by atoms with Crippen molar-refractivity contribution in [1.82, 2.24) is 9.80 Å². The van der Waals surface area contributed by atoms with Gasteiger partial charge in [0, 0.05) is 18.7 Å². The Kier molecular flexibility index (Phi) is 8.56. The minimum absolute atomic E-state index is 0.0161. The zero-order valence-electron chi connectivity index (χ0n) is 22.9. The van der Waals surface area contributed by atoms with Crippen LogP contribution in [0, 0.1) is 6.92 Å². The average molecular weight is 531 g/mol. The van der Waals surface area contributed by atoms with Gasteiger partial charge in [0.1, 0.15) is 18.1 Å². The molecule has 0 radical (unpaired) electrons. The molecule has 3 aromatic carbocycles. The van der Waals surface area contributed by atoms with Gasteiger partial charge in [-0.3, -0.25) is 9.59 Å². The molecule has 204 valence electrons. The summed E-state index contributed by atoms with van der Waals surface area (Å²) in [5.74, 6) is -0.154. The molecule has 1 N–H and O–H groups in total. The van der Waals surface area contributed by atoms with E-state index in [4.69, 9.17) is 14.2 Å². The zero-order chi connectivity index (χ0) is 28.1. The first-order valence-corrected chi connectivity index (χ1v) is 12.7. The molecule has 0 spiro atoms. The van der Waals surface area contributed by atoms with E-state index < -0.39 is 17.7 Å². The molecule has 0 aromatic heterocycles. The summed E-state index contributed by atoms with van der Waals surface area (Å²) in [4.78, 5) is 29.9. The van der Waals surface area contributed by atoms with E-state index in [0.29, 0.717) is 48.1 Å². The smallest absolute Gasteiger partial charge is 0.295 e. The Balaban J connectivity index is 1.75. The minimum atomic E-state index is -0.809. The number of rotatable bonds is 10. The number of Topliss-reactive ketones (excluding diaryl/α,β-unsaturated/α-hetero) is 1. The monoisotopic (exact) mass is 530 g/mol. The Labute approximate surface area is 229 Å². The van der Waals surface area contributed by atoms with Crippen LogP contribution in [0.1, 0.15) is 28.3 Å². The number of hydrogen-bond acceptors (Lipinski definition) is 7. The summed E-state index contributed by atoms with van der Waals surface area (Å²) < 4.78 is 17.0. The molecule has 1 atom stereocenters. The number of likely N-dealkylation sites (tertiary alicyclic amines) is 1. The van der Waals surface area contributed by atoms with E-state index >= 15 is 0 Å². The summed E-state index contributed by atoms with van der Waals surface area (Å²) in [5, 5.41) is 11.3. The van der Waals surface area contributed by atoms with Crippen LogP contribution in [0.4, 0.5) is 0 Å². The molecular weight excluding hydrogens is 496 g/mol. The summed E-state index contributed by atoms with van der Waals surface area (Å²) in [6, 6.07) is 19.3. The lowest BCUT2D eigenvalue weighted by Crippen LogP contribution is -2.35. The highest BCUT2D eigenvalue weighted by Crippen LogP contribution is 2.42. The summed E-state index contributed by atoms with van der Waals surface area (Å²) in [7, 11) is 6.85. The van der Waals surface area contributed by atoms with Crippen molar-refractivity contribution in [2.45, 2.75) is 19.6 Å². The quantitative estimate of drug-likeness (QED) is 0.233. The molecule has 1 fully saturated rings. The van der Waals surface area contributed by atoms with Crippen LogP contribution in [0.15, 0.2) is 72.3 Å². The molecule has 1 saturated heterocycles. The Hall–Kier alpha value is -4.30. The summed E-state index contributed by atoms with van der Waals surface area (Å²) >= 11 is 0. The highest BCUT2D eigenvalue weighted by Gasteiger charge is 2.46. The van der Waals surface area contributed by atoms with Crippen molar-refractivity contribution in [3.63, 3.8) is 0 Å². The van der Waals surface area contributed by atoms with Crippen LogP contribution in [0.5, 0.6) is 17.2 Å². The van der Waals surface area contributed by atoms with Crippen LogP contribution in [0.25, 0.3) is 5.76 Å². The number of ketones is 1. The third kappa shape index (κ3) is 6.07. The predicted octanol–water partition coefficient (Wildman–Crippen LogP) is 4.57. The number of nitrogens with zero attached hydrogens (tertiary/aromatic N) is 2. The molecule has 1 amide bonds. The average Bonchev–Trinajstić information content (AvgIpc) is 3.20. The lowest BCUT2D eigenvalue weighted by Gasteiger charge is -2.27. The van der Waals surface area contributed by atoms with Crippen LogP contribution in [-0.2, 0) is 16.2 Å². The zero-order valence-corrected chi connectivity index (χ0v) is 22.9. The highest BCUT2D eigenvalue weighted by atomic mass is 16.5. The van der Waals surface area contributed by atoms with Crippen molar-refractivity contribution in [1.29, 1.82) is 0 Å². The van der Waals surface area contributed by atoms with Gasteiger partial charge in [0.2, 0.25) is 0 Å². The lowest BCUT2D eigenvalue weighted by molar-refractivity contribution is -0.140. The fourth-order valence-electron chi connectivity index (χ4n) is 4.51. The van der Waals surface area contributed by atoms with Crippen LogP contribution in [0.3, 0.4) is 0 Å². The van der Waals surface area contributed by atoms with Crippen molar-refractivity contribution in [2.75, 3.05) is 41.4 Å². The first kappa shape index (κ1) is 27.7. The molecule has 4 rings (SSSR count). The maximum Gasteiger partial charge on any atom is 0.295 e. The van der Waals surface area contributed by atoms with Crippen LogP contribution < -0.4 is 14.2 Å². The molecule has 0 saturated carbocycles. The van der Waals surface area contributed by atoms with Gasteiger partial charge in [-0.25, -0.2) is 0 Å². The fourth-order valence-corrected chi connectivity index (χ4v) is 4.51. The summed E-state index contributed by atoms with van der Waals surface area (Å²) in [6.45, 7) is 3.22. The molecule has 1 aliphatic heterocycles. The standard InChI is InChI=1S/C31H34N2O6/c1-20-9-11-21(12-10-20)19-39-25-14-13-22(18-26(25)38-5)28-27(29(34)23-7-6-8-24(17-23)37-4)30(35)31(36)33(28)16-15-32(2)3/h6-14,17-18,28,34H,15-16,19H2,1-5H3/t28-/m1/s1. The number of carbonyl (C=O) groups is 2. The van der Waals surface area contributed by atoms with Crippen molar-refractivity contribution < 1.29 is 28.9 Å². The van der Waals surface area contributed by atoms with Crippen LogP contribution in [-0.4, -0.2) is 68.0 Å². The van der Waals surface area contributed by atoms with Gasteiger partial charge in [-0.1, -0.05) is 48.0 Å². The number of aliphatic hydroxyl groups is 1. The number of amides is 1. The Morgan fingerprint density at radius 2 is 1.69 bits per heavy atom. The number of ether oxygens (including phenoxy) is 3. The topological polar surface area (TPSA) is 88.5 Å². The van der Waals surface area contributed by atoms with E-state index in [0.717, 1.165) is 5.56 Å². The first-order valence-electron chi connectivity index (χ1n) is 12.7. The molecule has 0 aliphatic carbocycles. The number of hydrogen-bond donors (Lipinski definition) is 1. The number of likely N-dealkylation sites (N-methyl/N-ethyl adjacent to an activating group) is 1. The van der Waals surface area contributed by atoms with Crippen molar-refractivity contribution in [2.24, 2.45) is 0 Å². The van der Waals surface area contributed by atoms with Gasteiger partial charge in [-0.05, 0) is 56.4 Å². The highest BCUT2D eigenvalue weighted by molar-refractivity contribution is 6.46. The third-order valence-electron chi connectivity index (χ3n) is 6.69. The molecular formula is C31H34N2O6. The number of carbonyl (C=O) groups excluding carboxylic acids is 2. The van der Waals surface area contributed by atoms with Crippen LogP contribution >= 0.6 is 0 Å². The molecule has 0 bridgehead atoms. The molecule has 39 heavy (non-hydrogen) atoms. The van der Waals surface area contributed by atoms with E-state index in [-0.39, 0.29) is 11.3 Å². The van der Waals surface area contributed by atoms with Gasteiger partial charge in [0.15, 0.2) is 11.5 Å². The summed E-state index contributed by atoms with van der Waals surface area (Å²) in [6.07, 6.45) is 0. The number of methoxy groups -OCH3 is 2. The van der Waals surface area contributed by atoms with E-state index in [1.807, 2.05) is 50.2 Å². The Bertz CT molecular complexity index is 1380. The van der Waals surface area contributed by atoms with Gasteiger partial charge in [0.05, 0.1) is 25.8 Å². The van der Waals surface area contributed by atoms with Gasteiger partial charge in [-0.2, -0.15) is 0 Å². The number of aliphatic hydroxyl groups excluding tert-OH is 1. The summed E-state index contributed by atoms with van der Waals surface area (Å²) in [5.41, 5.74) is 3.21. The maximum atomic E-state index is 13.3. The Morgan fingerprint density at radius 1 is 0.949 bits per heavy atom. The van der Waals surface area contributed by atoms with Crippen LogP contribution in [0.2, 0.25) is 0 Å². The van der Waals surface area contributed by atoms with Gasteiger partial charge in [-0.15, -0.1) is 0 Å². The third-order valence-corrected chi connectivity index (χ3v) is 6.69. The second-order valence-corrected chi connectivity index (χ2v) is 9.71. The van der Waals surface area contributed by atoms with E-state index in [1.54, 1.807) is 42.5 Å². The maximum absolute atomic E-state index is 13.3. The van der Waals surface area contributed by atoms with Crippen molar-refractivity contribution in [3.05, 3.63) is 94.6 Å². The van der Waals surface area contributed by atoms with Gasteiger partial charge in [0.25, 0.3) is 11.7 Å². The molecule has 3 aromatic rings. The second kappa shape index (κ2) is 12.0. The van der Waals surface area contributed by atoms with Gasteiger partial charge < -0.3 is 29.1 Å². The van der Waals surface area contributed by atoms with Crippen molar-refractivity contribution >= 4 is 17.4 Å². The molecule has 1 heterocycles. The van der Waals surface area contributed by atoms with E-state index in [1.165, 1.54) is 24.7 Å². The Morgan fingerprint density at radius 3 is 2.36 bits per heavy atom. The second-order valence-electron chi connectivity index (χ2n) is 9.71. The molecule has 0 unspecified atom stereocenters.